The molecule has 0 unspecified atom stereocenters. The van der Waals surface area contributed by atoms with Crippen molar-refractivity contribution in [2.24, 2.45) is 0 Å². The van der Waals surface area contributed by atoms with Gasteiger partial charge in [0.05, 0.1) is 4.90 Å². The molecule has 5 nitrogen and oxygen atoms in total. The number of thioether (sulfide) groups is 1. The van der Waals surface area contributed by atoms with E-state index in [2.05, 4.69) is 0 Å². The van der Waals surface area contributed by atoms with Gasteiger partial charge in [0.25, 0.3) is 0 Å². The van der Waals surface area contributed by atoms with Gasteiger partial charge in [-0.2, -0.15) is 5.26 Å². The van der Waals surface area contributed by atoms with E-state index in [0.29, 0.717) is 11.6 Å². The van der Waals surface area contributed by atoms with Crippen LogP contribution in [0.3, 0.4) is 0 Å². The maximum absolute atomic E-state index is 12.7. The zero-order valence-corrected chi connectivity index (χ0v) is 14.9. The zero-order valence-electron chi connectivity index (χ0n) is 13.3. The lowest BCUT2D eigenvalue weighted by molar-refractivity contribution is 0.336. The van der Waals surface area contributed by atoms with Crippen LogP contribution in [0.1, 0.15) is 0 Å². The topological polar surface area (TPSA) is 64.4 Å². The minimum absolute atomic E-state index is 0.138. The Labute approximate surface area is 137 Å². The first-order valence-electron chi connectivity index (χ1n) is 6.69. The van der Waals surface area contributed by atoms with Crippen molar-refractivity contribution in [3.63, 3.8) is 0 Å². The molecule has 0 amide bonds. The van der Waals surface area contributed by atoms with Crippen LogP contribution >= 0.6 is 11.8 Å². The predicted octanol–water partition coefficient (Wildman–Crippen LogP) is 2.01. The molecule has 0 N–H and O–H groups in total. The summed E-state index contributed by atoms with van der Waals surface area (Å²) in [5.41, 5.74) is 0. The Morgan fingerprint density at radius 2 is 1.77 bits per heavy atom. The quantitative estimate of drug-likeness (QED) is 0.708. The summed E-state index contributed by atoms with van der Waals surface area (Å²) in [4.78, 5) is 3.75. The van der Waals surface area contributed by atoms with Crippen molar-refractivity contribution in [1.82, 2.24) is 9.80 Å². The minimum Gasteiger partial charge on any atom is -0.366 e. The Morgan fingerprint density at radius 3 is 2.23 bits per heavy atom. The van der Waals surface area contributed by atoms with Gasteiger partial charge in [-0.3, -0.25) is 0 Å². The van der Waals surface area contributed by atoms with Crippen LogP contribution in [0, 0.1) is 11.3 Å². The molecule has 0 heterocycles. The van der Waals surface area contributed by atoms with Gasteiger partial charge in [0.1, 0.15) is 11.1 Å². The Hall–Kier alpha value is -1.49. The summed E-state index contributed by atoms with van der Waals surface area (Å²) in [6.45, 7) is 1.41. The highest BCUT2D eigenvalue weighted by molar-refractivity contribution is 8.04. The van der Waals surface area contributed by atoms with E-state index in [1.807, 2.05) is 30.0 Å². The average Bonchev–Trinajstić information content (AvgIpc) is 2.50. The van der Waals surface area contributed by atoms with Crippen molar-refractivity contribution in [3.05, 3.63) is 40.3 Å². The molecule has 0 atom stereocenters. The Kier molecular flexibility index (Phi) is 6.94. The maximum Gasteiger partial charge on any atom is 0.219 e. The highest BCUT2D eigenvalue weighted by Gasteiger charge is 2.26. The molecule has 1 aromatic rings. The normalized spacial score (nSPS) is 12.7. The van der Waals surface area contributed by atoms with E-state index in [-0.39, 0.29) is 9.80 Å². The molecule has 0 aromatic heterocycles. The number of nitrogens with zero attached hydrogens (tertiary/aromatic N) is 3. The second-order valence-corrected chi connectivity index (χ2v) is 7.67. The van der Waals surface area contributed by atoms with E-state index in [4.69, 9.17) is 0 Å². The average molecular weight is 339 g/mol. The van der Waals surface area contributed by atoms with Crippen LogP contribution in [-0.4, -0.2) is 58.7 Å². The molecule has 1 rings (SSSR count). The van der Waals surface area contributed by atoms with E-state index in [0.717, 1.165) is 6.54 Å². The van der Waals surface area contributed by atoms with Gasteiger partial charge in [0.2, 0.25) is 9.84 Å². The van der Waals surface area contributed by atoms with E-state index in [1.54, 1.807) is 31.5 Å². The number of hydrogen-bond acceptors (Lipinski definition) is 6. The first kappa shape index (κ1) is 18.6. The van der Waals surface area contributed by atoms with Crippen LogP contribution < -0.4 is 0 Å². The third-order valence-corrected chi connectivity index (χ3v) is 5.79. The molecule has 22 heavy (non-hydrogen) atoms. The summed E-state index contributed by atoms with van der Waals surface area (Å²) < 4.78 is 25.4. The van der Waals surface area contributed by atoms with Crippen molar-refractivity contribution in [2.75, 3.05) is 40.5 Å². The fourth-order valence-corrected chi connectivity index (χ4v) is 4.28. The molecule has 0 saturated carbocycles. The molecular formula is C15H21N3O2S2. The van der Waals surface area contributed by atoms with Gasteiger partial charge in [0, 0.05) is 20.1 Å². The summed E-state index contributed by atoms with van der Waals surface area (Å²) >= 11 is 1.27. The molecule has 120 valence electrons. The number of benzene rings is 1. The summed E-state index contributed by atoms with van der Waals surface area (Å²) in [6, 6.07) is 9.93. The Balaban J connectivity index is 3.27. The second-order valence-electron chi connectivity index (χ2n) is 4.99. The van der Waals surface area contributed by atoms with Crippen LogP contribution in [0.15, 0.2) is 45.2 Å². The highest BCUT2D eigenvalue weighted by atomic mass is 32.2. The second kappa shape index (κ2) is 8.22. The SMILES string of the molecule is CS/C(=C(\C#N)S(=O)(=O)c1ccccc1)N(C)CCN(C)C. The first-order chi connectivity index (χ1) is 10.3. The number of sulfone groups is 1. The Bertz CT molecular complexity index is 662. The fraction of sp³-hybridized carbons (Fsp3) is 0.400. The maximum atomic E-state index is 12.7. The molecule has 0 bridgehead atoms. The van der Waals surface area contributed by atoms with Crippen molar-refractivity contribution in [3.8, 4) is 6.07 Å². The van der Waals surface area contributed by atoms with Gasteiger partial charge in [0.15, 0.2) is 4.91 Å². The lowest BCUT2D eigenvalue weighted by atomic mass is 10.4. The molecule has 0 aliphatic carbocycles. The summed E-state index contributed by atoms with van der Waals surface area (Å²) in [6.07, 6.45) is 1.78. The highest BCUT2D eigenvalue weighted by Crippen LogP contribution is 2.28. The van der Waals surface area contributed by atoms with Gasteiger partial charge >= 0.3 is 0 Å². The molecule has 0 aliphatic heterocycles. The largest absolute Gasteiger partial charge is 0.366 e. The standard InChI is InChI=1S/C15H21N3O2S2/c1-17(2)10-11-18(3)15(21-4)14(12-16)22(19,20)13-8-6-5-7-9-13/h5-9H,10-11H2,1-4H3/b15-14+. The van der Waals surface area contributed by atoms with E-state index in [1.165, 1.54) is 23.9 Å². The molecule has 0 fully saturated rings. The van der Waals surface area contributed by atoms with Crippen LogP contribution in [0.25, 0.3) is 0 Å². The smallest absolute Gasteiger partial charge is 0.219 e. The lowest BCUT2D eigenvalue weighted by Crippen LogP contribution is -2.28. The molecule has 0 aliphatic rings. The molecular weight excluding hydrogens is 318 g/mol. The van der Waals surface area contributed by atoms with E-state index >= 15 is 0 Å². The Morgan fingerprint density at radius 1 is 1.18 bits per heavy atom. The van der Waals surface area contributed by atoms with Crippen LogP contribution in [0.4, 0.5) is 0 Å². The van der Waals surface area contributed by atoms with Crippen molar-refractivity contribution < 1.29 is 8.42 Å². The first-order valence-corrected chi connectivity index (χ1v) is 9.39. The lowest BCUT2D eigenvalue weighted by Gasteiger charge is -2.24. The molecule has 0 spiro atoms. The van der Waals surface area contributed by atoms with Crippen molar-refractivity contribution in [2.45, 2.75) is 4.90 Å². The van der Waals surface area contributed by atoms with Crippen LogP contribution in [0.2, 0.25) is 0 Å². The summed E-state index contributed by atoms with van der Waals surface area (Å²) in [5, 5.41) is 9.88. The van der Waals surface area contributed by atoms with Gasteiger partial charge < -0.3 is 9.80 Å². The van der Waals surface area contributed by atoms with Crippen molar-refractivity contribution in [1.29, 1.82) is 5.26 Å². The summed E-state index contributed by atoms with van der Waals surface area (Å²) in [5.74, 6) is 0. The fourth-order valence-electron chi connectivity index (χ4n) is 1.81. The number of hydrogen-bond donors (Lipinski definition) is 0. The molecule has 0 saturated heterocycles. The number of allylic oxidation sites excluding steroid dienone is 1. The molecule has 7 heteroatoms. The zero-order chi connectivity index (χ0) is 16.8. The molecule has 1 aromatic carbocycles. The van der Waals surface area contributed by atoms with Gasteiger partial charge in [-0.05, 0) is 32.5 Å². The minimum atomic E-state index is -3.80. The predicted molar refractivity (Wildman–Crippen MR) is 91.0 cm³/mol. The number of nitriles is 1. The van der Waals surface area contributed by atoms with E-state index in [9.17, 15) is 13.7 Å². The number of likely N-dealkylation sites (N-methyl/N-ethyl adjacent to an activating group) is 2. The third kappa shape index (κ3) is 4.50. The number of rotatable bonds is 7. The monoisotopic (exact) mass is 339 g/mol. The summed E-state index contributed by atoms with van der Waals surface area (Å²) in [7, 11) is 1.89. The van der Waals surface area contributed by atoms with Gasteiger partial charge in [-0.15, -0.1) is 11.8 Å². The van der Waals surface area contributed by atoms with E-state index < -0.39 is 9.84 Å². The van der Waals surface area contributed by atoms with Gasteiger partial charge in [-0.25, -0.2) is 8.42 Å². The van der Waals surface area contributed by atoms with Crippen LogP contribution in [-0.2, 0) is 9.84 Å². The third-order valence-electron chi connectivity index (χ3n) is 3.04. The van der Waals surface area contributed by atoms with Crippen molar-refractivity contribution >= 4 is 21.6 Å². The van der Waals surface area contributed by atoms with Crippen LogP contribution in [0.5, 0.6) is 0 Å². The molecule has 0 radical (unpaired) electrons. The van der Waals surface area contributed by atoms with Gasteiger partial charge in [-0.1, -0.05) is 18.2 Å².